The van der Waals surface area contributed by atoms with Gasteiger partial charge in [-0.05, 0) is 42.8 Å². The second kappa shape index (κ2) is 6.20. The maximum absolute atomic E-state index is 12.1. The van der Waals surface area contributed by atoms with Crippen molar-refractivity contribution < 1.29 is 14.3 Å². The first kappa shape index (κ1) is 14.6. The number of nitrogens with zero attached hydrogens (tertiary/aromatic N) is 1. The van der Waals surface area contributed by atoms with Crippen molar-refractivity contribution >= 4 is 29.2 Å². The zero-order chi connectivity index (χ0) is 15.5. The molecule has 0 aromatic heterocycles. The Hall–Kier alpha value is -2.33. The second-order valence-electron chi connectivity index (χ2n) is 5.01. The van der Waals surface area contributed by atoms with Crippen molar-refractivity contribution in [2.24, 2.45) is 0 Å². The summed E-state index contributed by atoms with van der Waals surface area (Å²) >= 11 is 5.97. The Labute approximate surface area is 133 Å². The second-order valence-corrected chi connectivity index (χ2v) is 5.42. The van der Waals surface area contributed by atoms with Gasteiger partial charge in [-0.2, -0.15) is 0 Å². The van der Waals surface area contributed by atoms with Crippen molar-refractivity contribution in [3.63, 3.8) is 0 Å². The molecule has 0 N–H and O–H groups in total. The first-order valence-electron chi connectivity index (χ1n) is 7.02. The Kier molecular flexibility index (Phi) is 4.11. The van der Waals surface area contributed by atoms with Crippen LogP contribution >= 0.6 is 11.6 Å². The van der Waals surface area contributed by atoms with E-state index in [1.54, 1.807) is 53.4 Å². The molecule has 1 amide bonds. The van der Waals surface area contributed by atoms with Crippen molar-refractivity contribution in [2.45, 2.75) is 12.8 Å². The molecule has 3 rings (SSSR count). The van der Waals surface area contributed by atoms with E-state index in [4.69, 9.17) is 16.3 Å². The predicted octanol–water partition coefficient (Wildman–Crippen LogP) is 3.69. The molecular formula is C17H14ClNO3. The summed E-state index contributed by atoms with van der Waals surface area (Å²) in [6, 6.07) is 13.6. The van der Waals surface area contributed by atoms with Crippen LogP contribution in [-0.2, 0) is 4.79 Å². The molecule has 0 saturated carbocycles. The lowest BCUT2D eigenvalue weighted by atomic mass is 10.2. The maximum atomic E-state index is 12.1. The highest BCUT2D eigenvalue weighted by Crippen LogP contribution is 2.25. The summed E-state index contributed by atoms with van der Waals surface area (Å²) in [7, 11) is 0. The fourth-order valence-electron chi connectivity index (χ4n) is 2.40. The van der Waals surface area contributed by atoms with Crippen LogP contribution in [0.2, 0.25) is 5.02 Å². The lowest BCUT2D eigenvalue weighted by Gasteiger charge is -2.15. The average Bonchev–Trinajstić information content (AvgIpc) is 2.94. The highest BCUT2D eigenvalue weighted by atomic mass is 35.5. The fraction of sp³-hybridized carbons (Fsp3) is 0.176. The van der Waals surface area contributed by atoms with Gasteiger partial charge < -0.3 is 9.64 Å². The van der Waals surface area contributed by atoms with E-state index in [9.17, 15) is 9.59 Å². The van der Waals surface area contributed by atoms with E-state index in [1.165, 1.54) is 0 Å². The van der Waals surface area contributed by atoms with Gasteiger partial charge in [0.25, 0.3) is 0 Å². The van der Waals surface area contributed by atoms with Gasteiger partial charge in [0.1, 0.15) is 5.75 Å². The number of rotatable bonds is 3. The van der Waals surface area contributed by atoms with E-state index in [0.717, 1.165) is 18.7 Å². The third-order valence-electron chi connectivity index (χ3n) is 3.53. The van der Waals surface area contributed by atoms with Gasteiger partial charge in [-0.25, -0.2) is 4.79 Å². The Balaban J connectivity index is 1.72. The molecule has 22 heavy (non-hydrogen) atoms. The molecule has 5 heteroatoms. The molecule has 0 radical (unpaired) electrons. The van der Waals surface area contributed by atoms with E-state index in [2.05, 4.69) is 0 Å². The number of halogens is 1. The largest absolute Gasteiger partial charge is 0.423 e. The van der Waals surface area contributed by atoms with Gasteiger partial charge in [0, 0.05) is 18.7 Å². The van der Waals surface area contributed by atoms with Gasteiger partial charge in [-0.1, -0.05) is 23.7 Å². The van der Waals surface area contributed by atoms with Crippen LogP contribution in [0.25, 0.3) is 0 Å². The number of esters is 1. The minimum absolute atomic E-state index is 0.126. The van der Waals surface area contributed by atoms with Crippen LogP contribution in [0.1, 0.15) is 23.2 Å². The van der Waals surface area contributed by atoms with Gasteiger partial charge in [0.15, 0.2) is 0 Å². The molecule has 2 aromatic rings. The van der Waals surface area contributed by atoms with E-state index < -0.39 is 5.97 Å². The Morgan fingerprint density at radius 2 is 1.82 bits per heavy atom. The van der Waals surface area contributed by atoms with Crippen molar-refractivity contribution in [3.05, 3.63) is 59.1 Å². The molecule has 1 fully saturated rings. The van der Waals surface area contributed by atoms with E-state index in [-0.39, 0.29) is 5.91 Å². The lowest BCUT2D eigenvalue weighted by Crippen LogP contribution is -2.23. The van der Waals surface area contributed by atoms with Crippen molar-refractivity contribution in [3.8, 4) is 5.75 Å². The molecule has 112 valence electrons. The average molecular weight is 316 g/mol. The summed E-state index contributed by atoms with van der Waals surface area (Å²) in [5.74, 6) is 0.0386. The third-order valence-corrected chi connectivity index (χ3v) is 3.86. The summed E-state index contributed by atoms with van der Waals surface area (Å²) in [5.41, 5.74) is 1.14. The molecule has 0 bridgehead atoms. The van der Waals surface area contributed by atoms with Gasteiger partial charge in [0.05, 0.1) is 10.6 Å². The topological polar surface area (TPSA) is 46.6 Å². The number of carbonyl (C=O) groups is 2. The van der Waals surface area contributed by atoms with Crippen molar-refractivity contribution in [1.29, 1.82) is 0 Å². The van der Waals surface area contributed by atoms with Crippen molar-refractivity contribution in [1.82, 2.24) is 0 Å². The number of anilines is 1. The summed E-state index contributed by atoms with van der Waals surface area (Å²) in [4.78, 5) is 25.5. The molecule has 1 saturated heterocycles. The molecule has 0 spiro atoms. The SMILES string of the molecule is O=C(Oc1ccc(N2CCCC2=O)cc1)c1ccccc1Cl. The van der Waals surface area contributed by atoms with Gasteiger partial charge >= 0.3 is 5.97 Å². The molecule has 0 atom stereocenters. The van der Waals surface area contributed by atoms with Crippen LogP contribution in [-0.4, -0.2) is 18.4 Å². The highest BCUT2D eigenvalue weighted by Gasteiger charge is 2.21. The molecule has 2 aromatic carbocycles. The maximum Gasteiger partial charge on any atom is 0.345 e. The molecular weight excluding hydrogens is 302 g/mol. The summed E-state index contributed by atoms with van der Waals surface area (Å²) in [6.45, 7) is 0.734. The number of hydrogen-bond acceptors (Lipinski definition) is 3. The standard InChI is InChI=1S/C17H14ClNO3/c18-15-5-2-1-4-14(15)17(21)22-13-9-7-12(8-10-13)19-11-3-6-16(19)20/h1-2,4-5,7-10H,3,6,11H2. The van der Waals surface area contributed by atoms with E-state index in [0.29, 0.717) is 22.8 Å². The summed E-state index contributed by atoms with van der Waals surface area (Å²) < 4.78 is 5.30. The number of hydrogen-bond donors (Lipinski definition) is 0. The molecule has 1 aliphatic heterocycles. The van der Waals surface area contributed by atoms with Crippen LogP contribution in [0.3, 0.4) is 0 Å². The van der Waals surface area contributed by atoms with Crippen LogP contribution in [0.4, 0.5) is 5.69 Å². The van der Waals surface area contributed by atoms with Crippen LogP contribution in [0.15, 0.2) is 48.5 Å². The van der Waals surface area contributed by atoms with E-state index in [1.807, 2.05) is 0 Å². The van der Waals surface area contributed by atoms with Crippen molar-refractivity contribution in [2.75, 3.05) is 11.4 Å². The number of ether oxygens (including phenoxy) is 1. The van der Waals surface area contributed by atoms with Crippen LogP contribution in [0, 0.1) is 0 Å². The highest BCUT2D eigenvalue weighted by molar-refractivity contribution is 6.33. The Bertz CT molecular complexity index is 712. The first-order chi connectivity index (χ1) is 10.6. The quantitative estimate of drug-likeness (QED) is 0.641. The summed E-state index contributed by atoms with van der Waals surface area (Å²) in [6.07, 6.45) is 1.46. The predicted molar refractivity (Wildman–Crippen MR) is 84.4 cm³/mol. The zero-order valence-electron chi connectivity index (χ0n) is 11.8. The number of amides is 1. The zero-order valence-corrected chi connectivity index (χ0v) is 12.5. The Morgan fingerprint density at radius 3 is 2.45 bits per heavy atom. The molecule has 0 unspecified atom stereocenters. The fourth-order valence-corrected chi connectivity index (χ4v) is 2.62. The smallest absolute Gasteiger partial charge is 0.345 e. The minimum Gasteiger partial charge on any atom is -0.423 e. The molecule has 0 aliphatic carbocycles. The normalized spacial score (nSPS) is 14.2. The van der Waals surface area contributed by atoms with Gasteiger partial charge in [-0.15, -0.1) is 0 Å². The third kappa shape index (κ3) is 2.97. The van der Waals surface area contributed by atoms with Gasteiger partial charge in [-0.3, -0.25) is 4.79 Å². The monoisotopic (exact) mass is 315 g/mol. The number of benzene rings is 2. The van der Waals surface area contributed by atoms with E-state index >= 15 is 0 Å². The van der Waals surface area contributed by atoms with Crippen LogP contribution in [0.5, 0.6) is 5.75 Å². The lowest BCUT2D eigenvalue weighted by molar-refractivity contribution is -0.117. The van der Waals surface area contributed by atoms with Crippen LogP contribution < -0.4 is 9.64 Å². The minimum atomic E-state index is -0.504. The Morgan fingerprint density at radius 1 is 1.09 bits per heavy atom. The number of carbonyl (C=O) groups excluding carboxylic acids is 2. The molecule has 4 nitrogen and oxygen atoms in total. The molecule has 1 aliphatic rings. The van der Waals surface area contributed by atoms with Gasteiger partial charge in [0.2, 0.25) is 5.91 Å². The summed E-state index contributed by atoms with van der Waals surface area (Å²) in [5, 5.41) is 0.354. The first-order valence-corrected chi connectivity index (χ1v) is 7.40. The molecule has 1 heterocycles.